The van der Waals surface area contributed by atoms with Gasteiger partial charge in [0.2, 0.25) is 5.91 Å². The molecule has 4 nitrogen and oxygen atoms in total. The number of amides is 1. The van der Waals surface area contributed by atoms with Gasteiger partial charge in [-0.2, -0.15) is 11.8 Å². The van der Waals surface area contributed by atoms with Crippen LogP contribution >= 0.6 is 23.4 Å². The number of benzene rings is 1. The quantitative estimate of drug-likeness (QED) is 0.593. The molecule has 0 spiro atoms. The lowest BCUT2D eigenvalue weighted by Gasteiger charge is -2.09. The van der Waals surface area contributed by atoms with Crippen LogP contribution in [0.15, 0.2) is 18.2 Å². The summed E-state index contributed by atoms with van der Waals surface area (Å²) in [6, 6.07) is 5.06. The maximum absolute atomic E-state index is 11.9. The summed E-state index contributed by atoms with van der Waals surface area (Å²) in [5.74, 6) is 1.97. The highest BCUT2D eigenvalue weighted by Crippen LogP contribution is 2.23. The van der Waals surface area contributed by atoms with Gasteiger partial charge in [0.1, 0.15) is 0 Å². The predicted molar refractivity (Wildman–Crippen MR) is 90.0 cm³/mol. The van der Waals surface area contributed by atoms with Crippen molar-refractivity contribution in [3.63, 3.8) is 0 Å². The van der Waals surface area contributed by atoms with Gasteiger partial charge in [-0.15, -0.1) is 0 Å². The number of nitrogen functional groups attached to an aromatic ring is 1. The van der Waals surface area contributed by atoms with Crippen molar-refractivity contribution in [2.75, 3.05) is 29.2 Å². The third-order valence-corrected chi connectivity index (χ3v) is 4.73. The zero-order valence-electron chi connectivity index (χ0n) is 11.9. The van der Waals surface area contributed by atoms with E-state index in [1.165, 1.54) is 12.8 Å². The van der Waals surface area contributed by atoms with Gasteiger partial charge in [-0.3, -0.25) is 4.79 Å². The molecule has 1 heterocycles. The SMILES string of the molecule is Nc1ccc(Cl)cc1NC(=O)CCCSCC1CCCO1. The summed E-state index contributed by atoms with van der Waals surface area (Å²) in [5, 5.41) is 3.36. The van der Waals surface area contributed by atoms with E-state index < -0.39 is 0 Å². The largest absolute Gasteiger partial charge is 0.397 e. The van der Waals surface area contributed by atoms with Gasteiger partial charge < -0.3 is 15.8 Å². The molecule has 2 rings (SSSR count). The van der Waals surface area contributed by atoms with Gasteiger partial charge in [0.15, 0.2) is 0 Å². The fourth-order valence-electron chi connectivity index (χ4n) is 2.17. The Morgan fingerprint density at radius 3 is 3.14 bits per heavy atom. The fraction of sp³-hybridized carbons (Fsp3) is 0.533. The Labute approximate surface area is 134 Å². The highest BCUT2D eigenvalue weighted by Gasteiger charge is 2.14. The molecule has 1 atom stereocenters. The number of anilines is 2. The maximum Gasteiger partial charge on any atom is 0.224 e. The molecule has 1 unspecified atom stereocenters. The third kappa shape index (κ3) is 5.77. The molecular weight excluding hydrogens is 308 g/mol. The summed E-state index contributed by atoms with van der Waals surface area (Å²) in [6.07, 6.45) is 4.10. The number of carbonyl (C=O) groups is 1. The zero-order chi connectivity index (χ0) is 15.1. The molecule has 0 radical (unpaired) electrons. The minimum atomic E-state index is -0.0262. The fourth-order valence-corrected chi connectivity index (χ4v) is 3.39. The molecular formula is C15H21ClN2O2S. The number of ether oxygens (including phenoxy) is 1. The highest BCUT2D eigenvalue weighted by molar-refractivity contribution is 7.99. The molecule has 6 heteroatoms. The number of hydrogen-bond donors (Lipinski definition) is 2. The molecule has 1 aliphatic heterocycles. The zero-order valence-corrected chi connectivity index (χ0v) is 13.5. The molecule has 1 aliphatic rings. The van der Waals surface area contributed by atoms with Crippen LogP contribution in [0.5, 0.6) is 0 Å². The Morgan fingerprint density at radius 2 is 2.38 bits per heavy atom. The average Bonchev–Trinajstić information content (AvgIpc) is 2.96. The molecule has 3 N–H and O–H groups in total. The topological polar surface area (TPSA) is 64.3 Å². The van der Waals surface area contributed by atoms with E-state index in [9.17, 15) is 4.79 Å². The van der Waals surface area contributed by atoms with E-state index in [2.05, 4.69) is 5.32 Å². The second-order valence-electron chi connectivity index (χ2n) is 5.09. The van der Waals surface area contributed by atoms with E-state index in [1.54, 1.807) is 18.2 Å². The van der Waals surface area contributed by atoms with Crippen molar-refractivity contribution in [3.8, 4) is 0 Å². The molecule has 1 amide bonds. The standard InChI is InChI=1S/C15H21ClN2O2S/c16-11-5-6-13(17)14(9-11)18-15(19)4-2-8-21-10-12-3-1-7-20-12/h5-6,9,12H,1-4,7-8,10,17H2,(H,18,19). The molecule has 0 aromatic heterocycles. The number of carbonyl (C=O) groups excluding carboxylic acids is 1. The molecule has 0 aliphatic carbocycles. The van der Waals surface area contributed by atoms with Gasteiger partial charge in [0, 0.05) is 23.8 Å². The van der Waals surface area contributed by atoms with Crippen LogP contribution in [0, 0.1) is 0 Å². The Balaban J connectivity index is 1.62. The molecule has 1 aromatic carbocycles. The van der Waals surface area contributed by atoms with Crippen LogP contribution in [-0.4, -0.2) is 30.1 Å². The lowest BCUT2D eigenvalue weighted by molar-refractivity contribution is -0.116. The number of thioether (sulfide) groups is 1. The first-order valence-electron chi connectivity index (χ1n) is 7.19. The van der Waals surface area contributed by atoms with Gasteiger partial charge in [-0.1, -0.05) is 11.6 Å². The average molecular weight is 329 g/mol. The highest BCUT2D eigenvalue weighted by atomic mass is 35.5. The van der Waals surface area contributed by atoms with Gasteiger partial charge in [0.05, 0.1) is 17.5 Å². The minimum absolute atomic E-state index is 0.0262. The van der Waals surface area contributed by atoms with Crippen LogP contribution in [0.3, 0.4) is 0 Å². The van der Waals surface area contributed by atoms with Crippen LogP contribution < -0.4 is 11.1 Å². The second-order valence-corrected chi connectivity index (χ2v) is 6.68. The number of halogens is 1. The van der Waals surface area contributed by atoms with Crippen LogP contribution in [0.1, 0.15) is 25.7 Å². The molecule has 1 aromatic rings. The van der Waals surface area contributed by atoms with Crippen molar-refractivity contribution in [1.29, 1.82) is 0 Å². The number of rotatable bonds is 7. The van der Waals surface area contributed by atoms with Gasteiger partial charge in [0.25, 0.3) is 0 Å². The van der Waals surface area contributed by atoms with E-state index >= 15 is 0 Å². The van der Waals surface area contributed by atoms with Crippen LogP contribution in [0.4, 0.5) is 11.4 Å². The van der Waals surface area contributed by atoms with E-state index in [-0.39, 0.29) is 5.91 Å². The third-order valence-electron chi connectivity index (χ3n) is 3.31. The smallest absolute Gasteiger partial charge is 0.224 e. The Hall–Kier alpha value is -0.910. The lowest BCUT2D eigenvalue weighted by Crippen LogP contribution is -2.13. The normalized spacial score (nSPS) is 17.9. The lowest BCUT2D eigenvalue weighted by atomic mass is 10.2. The number of hydrogen-bond acceptors (Lipinski definition) is 4. The van der Waals surface area contributed by atoms with Crippen molar-refractivity contribution in [3.05, 3.63) is 23.2 Å². The molecule has 1 fully saturated rings. The van der Waals surface area contributed by atoms with Crippen LogP contribution in [-0.2, 0) is 9.53 Å². The summed E-state index contributed by atoms with van der Waals surface area (Å²) in [5.41, 5.74) is 6.90. The van der Waals surface area contributed by atoms with Crippen LogP contribution in [0.25, 0.3) is 0 Å². The van der Waals surface area contributed by atoms with Crippen molar-refractivity contribution >= 4 is 40.6 Å². The van der Waals surface area contributed by atoms with Gasteiger partial charge in [-0.05, 0) is 43.2 Å². The molecule has 21 heavy (non-hydrogen) atoms. The first-order chi connectivity index (χ1) is 10.1. The van der Waals surface area contributed by atoms with E-state index in [0.717, 1.165) is 24.5 Å². The van der Waals surface area contributed by atoms with Crippen molar-refractivity contribution in [2.24, 2.45) is 0 Å². The Kier molecular flexibility index (Phi) is 6.67. The van der Waals surface area contributed by atoms with E-state index in [1.807, 2.05) is 11.8 Å². The van der Waals surface area contributed by atoms with Gasteiger partial charge in [-0.25, -0.2) is 0 Å². The first kappa shape index (κ1) is 16.5. The summed E-state index contributed by atoms with van der Waals surface area (Å²) >= 11 is 7.74. The van der Waals surface area contributed by atoms with Crippen LogP contribution in [0.2, 0.25) is 5.02 Å². The first-order valence-corrected chi connectivity index (χ1v) is 8.72. The Morgan fingerprint density at radius 1 is 1.52 bits per heavy atom. The molecule has 0 bridgehead atoms. The summed E-state index contributed by atoms with van der Waals surface area (Å²) in [6.45, 7) is 0.898. The molecule has 116 valence electrons. The number of nitrogens with one attached hydrogen (secondary N) is 1. The predicted octanol–water partition coefficient (Wildman–Crippen LogP) is 3.55. The van der Waals surface area contributed by atoms with Crippen molar-refractivity contribution in [2.45, 2.75) is 31.8 Å². The van der Waals surface area contributed by atoms with Gasteiger partial charge >= 0.3 is 0 Å². The second kappa shape index (κ2) is 8.51. The monoisotopic (exact) mass is 328 g/mol. The number of nitrogens with two attached hydrogens (primary N) is 1. The van der Waals surface area contributed by atoms with E-state index in [0.29, 0.717) is 28.9 Å². The minimum Gasteiger partial charge on any atom is -0.397 e. The maximum atomic E-state index is 11.9. The van der Waals surface area contributed by atoms with Crippen molar-refractivity contribution in [1.82, 2.24) is 0 Å². The van der Waals surface area contributed by atoms with E-state index in [4.69, 9.17) is 22.1 Å². The van der Waals surface area contributed by atoms with Crippen molar-refractivity contribution < 1.29 is 9.53 Å². The summed E-state index contributed by atoms with van der Waals surface area (Å²) < 4.78 is 5.56. The molecule has 1 saturated heterocycles. The molecule has 0 saturated carbocycles. The summed E-state index contributed by atoms with van der Waals surface area (Å²) in [4.78, 5) is 11.9. The Bertz CT molecular complexity index is 479. The summed E-state index contributed by atoms with van der Waals surface area (Å²) in [7, 11) is 0.